The predicted octanol–water partition coefficient (Wildman–Crippen LogP) is 6.61. The minimum absolute atomic E-state index is 0. The van der Waals surface area contributed by atoms with Gasteiger partial charge in [0.2, 0.25) is 0 Å². The number of ether oxygens (including phenoxy) is 1. The summed E-state index contributed by atoms with van der Waals surface area (Å²) in [6, 6.07) is 28.9. The third-order valence-corrected chi connectivity index (χ3v) is 6.96. The Morgan fingerprint density at radius 2 is 0.896 bits per heavy atom. The summed E-state index contributed by atoms with van der Waals surface area (Å²) < 4.78 is 19.8. The van der Waals surface area contributed by atoms with E-state index >= 15 is 0 Å². The summed E-state index contributed by atoms with van der Waals surface area (Å²) in [6.07, 6.45) is 20.2. The summed E-state index contributed by atoms with van der Waals surface area (Å²) in [4.78, 5) is 0. The van der Waals surface area contributed by atoms with Crippen LogP contribution < -0.4 is 40.9 Å². The zero-order valence-electron chi connectivity index (χ0n) is 37.9. The Balaban J connectivity index is -0.000000220. The molecule has 0 spiro atoms. The van der Waals surface area contributed by atoms with Crippen molar-refractivity contribution in [3.05, 3.63) is 229 Å². The van der Waals surface area contributed by atoms with Gasteiger partial charge in [0, 0.05) is 223 Å². The summed E-state index contributed by atoms with van der Waals surface area (Å²) in [5.41, 5.74) is 3.61. The molecule has 2 aliphatic carbocycles. The van der Waals surface area contributed by atoms with Crippen LogP contribution in [0.1, 0.15) is 27.7 Å². The van der Waals surface area contributed by atoms with Crippen molar-refractivity contribution < 1.29 is 97.0 Å². The molecule has 0 fully saturated rings. The van der Waals surface area contributed by atoms with E-state index in [4.69, 9.17) is 14.0 Å². The average Bonchev–Trinajstić information content (AvgIpc) is 3.81. The molecule has 0 aromatic heterocycles. The van der Waals surface area contributed by atoms with Gasteiger partial charge in [-0.3, -0.25) is 6.20 Å². The van der Waals surface area contributed by atoms with Gasteiger partial charge < -0.3 is 56.2 Å². The van der Waals surface area contributed by atoms with Gasteiger partial charge in [-0.25, -0.2) is 0 Å². The van der Waals surface area contributed by atoms with Crippen LogP contribution in [0, 0.1) is 25.6 Å². The molecule has 4 aromatic carbocycles. The Bertz CT molecular complexity index is 1840. The Kier molecular flexibility index (Phi) is 50.5. The van der Waals surface area contributed by atoms with Crippen LogP contribution in [0.5, 0.6) is 46.0 Å². The number of nitrogens with zero attached hydrogens (tertiary/aromatic N) is 2. The number of hydrogen-bond acceptors (Lipinski definition) is 9. The molecule has 0 bridgehead atoms. The van der Waals surface area contributed by atoms with Crippen molar-refractivity contribution in [3.8, 4) is 46.0 Å². The molecule has 356 valence electrons. The molecular formula is C52H52N2O11W2-8. The van der Waals surface area contributed by atoms with Crippen molar-refractivity contribution in [1.29, 1.82) is 0 Å². The molecule has 0 saturated heterocycles. The van der Waals surface area contributed by atoms with E-state index in [1.54, 1.807) is 86.9 Å². The van der Waals surface area contributed by atoms with Gasteiger partial charge in [-0.05, 0) is 13.8 Å². The Morgan fingerprint density at radius 3 is 1.15 bits per heavy atom. The van der Waals surface area contributed by atoms with Crippen molar-refractivity contribution in [2.24, 2.45) is 0 Å². The van der Waals surface area contributed by atoms with Crippen LogP contribution in [0.3, 0.4) is 0 Å². The largest absolute Gasteiger partial charge is 0.852 e. The number of rotatable bonds is 4. The molecule has 15 heteroatoms. The Morgan fingerprint density at radius 1 is 0.567 bits per heavy atom. The Labute approximate surface area is 424 Å². The van der Waals surface area contributed by atoms with Crippen molar-refractivity contribution >= 4 is 0 Å². The minimum Gasteiger partial charge on any atom is -0.852 e. The van der Waals surface area contributed by atoms with E-state index in [0.717, 1.165) is 24.4 Å². The van der Waals surface area contributed by atoms with E-state index in [-0.39, 0.29) is 42.1 Å². The predicted molar refractivity (Wildman–Crippen MR) is 238 cm³/mol. The average molecular weight is 1250 g/mol. The monoisotopic (exact) mass is 1250 g/mol. The van der Waals surface area contributed by atoms with Gasteiger partial charge in [-0.2, -0.15) is 54.6 Å². The molecule has 6 rings (SSSR count). The fourth-order valence-corrected chi connectivity index (χ4v) is 3.86. The topological polar surface area (TPSA) is 262 Å². The third kappa shape index (κ3) is 40.6. The van der Waals surface area contributed by atoms with Crippen molar-refractivity contribution in [1.82, 2.24) is 0 Å². The fourth-order valence-electron chi connectivity index (χ4n) is 3.86. The smallest absolute Gasteiger partial charge is 0.0428 e. The first-order valence-electron chi connectivity index (χ1n) is 19.3. The molecule has 0 unspecified atom stereocenters. The van der Waals surface area contributed by atoms with E-state index < -0.39 is 46.0 Å². The van der Waals surface area contributed by atoms with Crippen molar-refractivity contribution in [2.45, 2.75) is 27.7 Å². The molecule has 67 heavy (non-hydrogen) atoms. The molecule has 4 aromatic rings. The molecule has 13 nitrogen and oxygen atoms in total. The van der Waals surface area contributed by atoms with Crippen LogP contribution in [0.4, 0.5) is 0 Å². The second-order valence-electron chi connectivity index (χ2n) is 11.9. The first-order valence-corrected chi connectivity index (χ1v) is 19.3. The van der Waals surface area contributed by atoms with Gasteiger partial charge in [0.25, 0.3) is 0 Å². The van der Waals surface area contributed by atoms with Crippen LogP contribution in [0.25, 0.3) is 10.6 Å². The number of allylic oxidation sites excluding steroid dienone is 10. The summed E-state index contributed by atoms with van der Waals surface area (Å²) in [5, 5.41) is 91.9. The summed E-state index contributed by atoms with van der Waals surface area (Å²) in [7, 11) is 3.56. The summed E-state index contributed by atoms with van der Waals surface area (Å²) in [6.45, 7) is 18.8. The van der Waals surface area contributed by atoms with Crippen molar-refractivity contribution in [3.63, 3.8) is 0 Å². The van der Waals surface area contributed by atoms with Crippen LogP contribution in [-0.2, 0) is 56.2 Å². The van der Waals surface area contributed by atoms with Gasteiger partial charge in [0.15, 0.2) is 0 Å². The first kappa shape index (κ1) is 69.4. The maximum absolute atomic E-state index is 10.5. The molecule has 0 aliphatic heterocycles. The standard InChI is InChI=1S/2C9H11N.4C7H6O2.C4H10O.2CO.2W/c2*1-8-3-5-9(6-4-8)7-10-2;4*8-6-4-2-1-3-5-7(6)9;1-3-5-4-2;2*1-2;;/h2*3-7H,1-2H3;4*1-5,8H;3-4H2,1-2H3;;;;/q2*-2;;;;;;;;;/p-4. The number of hydrogen-bond donors (Lipinski definition) is 0. The molecule has 0 amide bonds. The molecule has 0 radical (unpaired) electrons. The second kappa shape index (κ2) is 48.8. The molecular weight excluding hydrogens is 1200 g/mol. The SMILES string of the molecule is CCOCC.C[N-]/C=C1/C=CC(C)=C[CH-]1.C[N-]C=C1C=C[C-](C)C=C1.[C-]#[O+].[C-]#[O+].[O-]c1ccccc[c+]1[O-].[O-]c1ccccc[c+]1[O-].[O-]c1ccccc[c+]1[O-].[O-]c1ccccc[c+]1[O-].[W].[W]. The van der Waals surface area contributed by atoms with E-state index in [0.29, 0.717) is 0 Å². The van der Waals surface area contributed by atoms with E-state index in [1.807, 2.05) is 26.2 Å². The van der Waals surface area contributed by atoms with E-state index in [2.05, 4.69) is 86.7 Å². The molecule has 0 N–H and O–H groups in total. The Hall–Kier alpha value is -6.64. The zero-order valence-corrected chi connectivity index (χ0v) is 43.8. The van der Waals surface area contributed by atoms with E-state index in [1.165, 1.54) is 60.0 Å². The molecule has 0 heterocycles. The maximum Gasteiger partial charge on any atom is 0.0428 e. The van der Waals surface area contributed by atoms with Gasteiger partial charge in [0.1, 0.15) is 0 Å². The van der Waals surface area contributed by atoms with Gasteiger partial charge in [-0.15, -0.1) is 37.3 Å². The van der Waals surface area contributed by atoms with Gasteiger partial charge in [-0.1, -0.05) is 13.8 Å². The quantitative estimate of drug-likeness (QED) is 0.157. The second-order valence-corrected chi connectivity index (χ2v) is 11.9. The zero-order chi connectivity index (χ0) is 49.7. The third-order valence-electron chi connectivity index (χ3n) is 6.96. The molecule has 0 saturated carbocycles. The van der Waals surface area contributed by atoms with Gasteiger partial charge >= 0.3 is 22.6 Å². The van der Waals surface area contributed by atoms with Crippen LogP contribution in [-0.4, -0.2) is 27.3 Å². The molecule has 0 atom stereocenters. The van der Waals surface area contributed by atoms with Crippen molar-refractivity contribution in [2.75, 3.05) is 27.3 Å². The van der Waals surface area contributed by atoms with Crippen LogP contribution in [0.15, 0.2) is 193 Å². The maximum atomic E-state index is 10.5. The molecule has 2 aliphatic rings. The summed E-state index contributed by atoms with van der Waals surface area (Å²) in [5.74, 6) is -2.38. The van der Waals surface area contributed by atoms with Crippen LogP contribution in [0.2, 0.25) is 0 Å². The first-order chi connectivity index (χ1) is 31.3. The van der Waals surface area contributed by atoms with E-state index in [9.17, 15) is 40.9 Å². The van der Waals surface area contributed by atoms with Gasteiger partial charge in [0.05, 0.1) is 0 Å². The minimum atomic E-state index is -0.458. The van der Waals surface area contributed by atoms with Crippen LogP contribution >= 0.6 is 0 Å². The summed E-state index contributed by atoms with van der Waals surface area (Å²) >= 11 is 0. The fraction of sp³-hybridized carbons (Fsp3) is 0.154. The normalized spacial score (nSPS) is 10.8.